The maximum Gasteiger partial charge on any atom is 1.00 e. The molecule has 1 aliphatic rings. The maximum absolute atomic E-state index is 11.3. The fourth-order valence-electron chi connectivity index (χ4n) is 2.36. The Morgan fingerprint density at radius 3 is 1.38 bits per heavy atom. The molecule has 0 N–H and O–H groups in total. The van der Waals surface area contributed by atoms with Crippen molar-refractivity contribution in [2.75, 3.05) is 0 Å². The Balaban J connectivity index is 0.00000144. The van der Waals surface area contributed by atoms with Crippen molar-refractivity contribution >= 4 is 11.4 Å². The summed E-state index contributed by atoms with van der Waals surface area (Å²) in [6.07, 6.45) is 6.49. The molecule has 0 unspecified atom stereocenters. The average Bonchev–Trinajstić information content (AvgIpc) is 2.53. The van der Waals surface area contributed by atoms with E-state index in [1.54, 1.807) is 36.4 Å². The molecule has 5 heteroatoms. The van der Waals surface area contributed by atoms with Crippen LogP contribution in [0.2, 0.25) is 0 Å². The van der Waals surface area contributed by atoms with Crippen LogP contribution >= 0.6 is 0 Å². The van der Waals surface area contributed by atoms with Crippen LogP contribution in [0.5, 0.6) is 11.5 Å². The van der Waals surface area contributed by atoms with E-state index in [0.29, 0.717) is 0 Å². The summed E-state index contributed by atoms with van der Waals surface area (Å²) in [6.45, 7) is 0. The number of ketones is 1. The van der Waals surface area contributed by atoms with Crippen LogP contribution in [0.1, 0.15) is 11.1 Å². The third-order valence-electron chi connectivity index (χ3n) is 3.43. The van der Waals surface area contributed by atoms with E-state index in [2.05, 4.69) is 0 Å². The molecule has 0 heterocycles. The van der Waals surface area contributed by atoms with Gasteiger partial charge in [-0.15, -0.1) is 11.5 Å². The van der Waals surface area contributed by atoms with Crippen LogP contribution in [0, 0.1) is 0 Å². The molecule has 3 rings (SSSR count). The molecule has 1 aliphatic carbocycles. The van der Waals surface area contributed by atoms with Crippen molar-refractivity contribution in [2.45, 2.75) is 0 Å². The van der Waals surface area contributed by atoms with Crippen molar-refractivity contribution < 1.29 is 74.1 Å². The van der Waals surface area contributed by atoms with E-state index in [-0.39, 0.29) is 76.4 Å². The van der Waals surface area contributed by atoms with Crippen LogP contribution in [0.4, 0.5) is 0 Å². The molecular formula is C19H12Na2O3. The first kappa shape index (κ1) is 21.0. The molecule has 0 atom stereocenters. The molecular weight excluding hydrogens is 322 g/mol. The zero-order valence-electron chi connectivity index (χ0n) is 13.7. The van der Waals surface area contributed by atoms with Gasteiger partial charge in [0, 0.05) is 0 Å². The molecule has 2 aromatic rings. The number of hydrogen-bond acceptors (Lipinski definition) is 3. The Kier molecular flexibility index (Phi) is 8.23. The fourth-order valence-corrected chi connectivity index (χ4v) is 2.36. The topological polar surface area (TPSA) is 63.2 Å². The molecule has 0 aromatic heterocycles. The predicted molar refractivity (Wildman–Crippen MR) is 81.1 cm³/mol. The number of carbonyl (C=O) groups excluding carboxylic acids is 1. The van der Waals surface area contributed by atoms with Gasteiger partial charge in [0.1, 0.15) is 0 Å². The Labute approximate surface area is 185 Å². The minimum Gasteiger partial charge on any atom is -0.872 e. The van der Waals surface area contributed by atoms with Crippen LogP contribution in [0.15, 0.2) is 78.4 Å². The van der Waals surface area contributed by atoms with E-state index < -0.39 is 0 Å². The van der Waals surface area contributed by atoms with Crippen LogP contribution in [-0.2, 0) is 4.79 Å². The summed E-state index contributed by atoms with van der Waals surface area (Å²) >= 11 is 0. The van der Waals surface area contributed by atoms with Crippen molar-refractivity contribution in [1.29, 1.82) is 0 Å². The number of rotatable bonds is 2. The van der Waals surface area contributed by atoms with E-state index in [4.69, 9.17) is 0 Å². The van der Waals surface area contributed by atoms with E-state index in [1.165, 1.54) is 36.4 Å². The minimum absolute atomic E-state index is 0. The van der Waals surface area contributed by atoms with Crippen LogP contribution < -0.4 is 69.3 Å². The first-order chi connectivity index (χ1) is 10.6. The van der Waals surface area contributed by atoms with Crippen molar-refractivity contribution in [3.63, 3.8) is 0 Å². The van der Waals surface area contributed by atoms with Gasteiger partial charge < -0.3 is 10.2 Å². The van der Waals surface area contributed by atoms with Gasteiger partial charge in [-0.3, -0.25) is 4.79 Å². The van der Waals surface area contributed by atoms with Gasteiger partial charge in [-0.25, -0.2) is 0 Å². The van der Waals surface area contributed by atoms with Gasteiger partial charge in [-0.05, 0) is 34.4 Å². The van der Waals surface area contributed by atoms with Crippen LogP contribution in [0.25, 0.3) is 5.57 Å². The number of carbonyl (C=O) groups is 1. The fraction of sp³-hybridized carbons (Fsp3) is 0. The first-order valence-electron chi connectivity index (χ1n) is 6.83. The summed E-state index contributed by atoms with van der Waals surface area (Å²) in [6, 6.07) is 13.0. The van der Waals surface area contributed by atoms with Gasteiger partial charge in [-0.1, -0.05) is 60.7 Å². The second kappa shape index (κ2) is 9.42. The molecule has 108 valence electrons. The zero-order valence-corrected chi connectivity index (χ0v) is 17.7. The van der Waals surface area contributed by atoms with Crippen molar-refractivity contribution in [3.05, 3.63) is 89.5 Å². The van der Waals surface area contributed by atoms with E-state index in [9.17, 15) is 15.0 Å². The minimum atomic E-state index is -0.0621. The Bertz CT molecular complexity index is 736. The summed E-state index contributed by atoms with van der Waals surface area (Å²) in [4.78, 5) is 11.3. The summed E-state index contributed by atoms with van der Waals surface area (Å²) in [5.74, 6) is -0.186. The molecule has 0 aliphatic heterocycles. The molecule has 2 aromatic carbocycles. The Hall–Kier alpha value is -1.07. The van der Waals surface area contributed by atoms with Gasteiger partial charge in [-0.2, -0.15) is 0 Å². The van der Waals surface area contributed by atoms with Gasteiger partial charge in [0.25, 0.3) is 0 Å². The number of allylic oxidation sites excluding steroid dienone is 5. The molecule has 0 bridgehead atoms. The van der Waals surface area contributed by atoms with Crippen LogP contribution in [-0.4, -0.2) is 5.78 Å². The Morgan fingerprint density at radius 1 is 0.625 bits per heavy atom. The molecule has 0 fully saturated rings. The molecule has 0 amide bonds. The first-order valence-corrected chi connectivity index (χ1v) is 6.83. The zero-order chi connectivity index (χ0) is 15.5. The molecule has 24 heavy (non-hydrogen) atoms. The maximum atomic E-state index is 11.3. The second-order valence-corrected chi connectivity index (χ2v) is 4.95. The smallest absolute Gasteiger partial charge is 0.872 e. The van der Waals surface area contributed by atoms with Crippen molar-refractivity contribution in [3.8, 4) is 11.5 Å². The molecule has 0 radical (unpaired) electrons. The molecule has 3 nitrogen and oxygen atoms in total. The van der Waals surface area contributed by atoms with E-state index in [1.807, 2.05) is 0 Å². The number of hydrogen-bond donors (Lipinski definition) is 0. The second-order valence-electron chi connectivity index (χ2n) is 4.95. The van der Waals surface area contributed by atoms with E-state index >= 15 is 0 Å². The molecule has 0 saturated carbocycles. The van der Waals surface area contributed by atoms with Crippen molar-refractivity contribution in [2.24, 2.45) is 0 Å². The Morgan fingerprint density at radius 2 is 1.00 bits per heavy atom. The van der Waals surface area contributed by atoms with Gasteiger partial charge in [0.2, 0.25) is 0 Å². The summed E-state index contributed by atoms with van der Waals surface area (Å²) in [5, 5.41) is 22.6. The monoisotopic (exact) mass is 334 g/mol. The SMILES string of the molecule is O=C1C=CC(=C(c2ccc([O-])cc2)c2ccc([O-])cc2)C=C1.[Na+].[Na+]. The molecule has 0 saturated heterocycles. The van der Waals surface area contributed by atoms with Crippen molar-refractivity contribution in [1.82, 2.24) is 0 Å². The summed E-state index contributed by atoms with van der Waals surface area (Å²) < 4.78 is 0. The third kappa shape index (κ3) is 4.96. The van der Waals surface area contributed by atoms with Gasteiger partial charge >= 0.3 is 59.1 Å². The van der Waals surface area contributed by atoms with Gasteiger partial charge in [0.15, 0.2) is 5.78 Å². The summed E-state index contributed by atoms with van der Waals surface area (Å²) in [7, 11) is 0. The standard InChI is InChI=1S/C19H14O3.2Na/c20-16-7-1-13(2-8-16)19(14-3-9-17(21)10-4-14)15-5-11-18(22)12-6-15;;/h1-12,20-21H;;/q;2*+1/p-2. The molecule has 0 spiro atoms. The largest absolute Gasteiger partial charge is 1.00 e. The quantitative estimate of drug-likeness (QED) is 0.532. The third-order valence-corrected chi connectivity index (χ3v) is 3.43. The average molecular weight is 334 g/mol. The van der Waals surface area contributed by atoms with E-state index in [0.717, 1.165) is 22.3 Å². The van der Waals surface area contributed by atoms with Crippen LogP contribution in [0.3, 0.4) is 0 Å². The normalized spacial score (nSPS) is 12.3. The predicted octanol–water partition coefficient (Wildman–Crippen LogP) is -3.66. The summed E-state index contributed by atoms with van der Waals surface area (Å²) in [5.41, 5.74) is 3.45. The number of benzene rings is 2. The van der Waals surface area contributed by atoms with Gasteiger partial charge in [0.05, 0.1) is 0 Å².